The SMILES string of the molecule is CCOC(=O)c1c(CC)[nH]c2c1CC(=O)CC2. The number of hydrogen-bond acceptors (Lipinski definition) is 3. The molecule has 1 aromatic rings. The van der Waals surface area contributed by atoms with Crippen LogP contribution in [0.3, 0.4) is 0 Å². The van der Waals surface area contributed by atoms with Crippen molar-refractivity contribution in [1.82, 2.24) is 4.98 Å². The minimum absolute atomic E-state index is 0.199. The Balaban J connectivity index is 2.44. The van der Waals surface area contributed by atoms with E-state index >= 15 is 0 Å². The van der Waals surface area contributed by atoms with E-state index in [0.29, 0.717) is 31.4 Å². The number of fused-ring (bicyclic) bond motifs is 1. The lowest BCUT2D eigenvalue weighted by atomic mass is 9.93. The second-order valence-corrected chi connectivity index (χ2v) is 4.23. The number of aromatic nitrogens is 1. The Morgan fingerprint density at radius 3 is 2.76 bits per heavy atom. The number of hydrogen-bond donors (Lipinski definition) is 1. The zero-order valence-corrected chi connectivity index (χ0v) is 10.3. The third-order valence-electron chi connectivity index (χ3n) is 3.13. The van der Waals surface area contributed by atoms with Gasteiger partial charge in [0.25, 0.3) is 0 Å². The molecule has 0 saturated heterocycles. The molecule has 1 N–H and O–H groups in total. The van der Waals surface area contributed by atoms with E-state index in [2.05, 4.69) is 4.98 Å². The van der Waals surface area contributed by atoms with Crippen molar-refractivity contribution in [2.75, 3.05) is 6.61 Å². The van der Waals surface area contributed by atoms with Crippen LogP contribution in [-0.2, 0) is 28.8 Å². The number of H-pyrrole nitrogens is 1. The molecule has 0 aliphatic heterocycles. The van der Waals surface area contributed by atoms with Crippen LogP contribution in [0.2, 0.25) is 0 Å². The molecule has 92 valence electrons. The van der Waals surface area contributed by atoms with Crippen LogP contribution < -0.4 is 0 Å². The number of Topliss-reactive ketones (excluding diaryl/α,β-unsaturated/α-hetero) is 1. The third-order valence-corrected chi connectivity index (χ3v) is 3.13. The van der Waals surface area contributed by atoms with Gasteiger partial charge >= 0.3 is 5.97 Å². The fourth-order valence-electron chi connectivity index (χ4n) is 2.33. The maximum absolute atomic E-state index is 11.9. The summed E-state index contributed by atoms with van der Waals surface area (Å²) in [4.78, 5) is 26.7. The smallest absolute Gasteiger partial charge is 0.340 e. The van der Waals surface area contributed by atoms with Crippen molar-refractivity contribution in [1.29, 1.82) is 0 Å². The zero-order chi connectivity index (χ0) is 12.4. The zero-order valence-electron chi connectivity index (χ0n) is 10.3. The summed E-state index contributed by atoms with van der Waals surface area (Å²) in [6.45, 7) is 4.13. The van der Waals surface area contributed by atoms with Gasteiger partial charge in [0.1, 0.15) is 5.78 Å². The minimum Gasteiger partial charge on any atom is -0.462 e. The molecular weight excluding hydrogens is 218 g/mol. The molecule has 0 aromatic carbocycles. The molecule has 0 spiro atoms. The summed E-state index contributed by atoms with van der Waals surface area (Å²) in [5, 5.41) is 0. The summed E-state index contributed by atoms with van der Waals surface area (Å²) in [5.41, 5.74) is 3.38. The van der Waals surface area contributed by atoms with Crippen molar-refractivity contribution in [3.8, 4) is 0 Å². The highest BCUT2D eigenvalue weighted by molar-refractivity contribution is 5.96. The van der Waals surface area contributed by atoms with Crippen LogP contribution in [0.1, 0.15) is 47.6 Å². The molecule has 0 atom stereocenters. The molecule has 1 aromatic heterocycles. The molecule has 2 rings (SSSR count). The van der Waals surface area contributed by atoms with Crippen molar-refractivity contribution in [2.45, 2.75) is 39.5 Å². The summed E-state index contributed by atoms with van der Waals surface area (Å²) < 4.78 is 5.06. The average molecular weight is 235 g/mol. The van der Waals surface area contributed by atoms with Crippen LogP contribution in [0.5, 0.6) is 0 Å². The summed E-state index contributed by atoms with van der Waals surface area (Å²) in [5.74, 6) is -0.110. The van der Waals surface area contributed by atoms with Gasteiger partial charge in [0.15, 0.2) is 0 Å². The van der Waals surface area contributed by atoms with Crippen LogP contribution >= 0.6 is 0 Å². The van der Waals surface area contributed by atoms with E-state index in [-0.39, 0.29) is 11.8 Å². The number of nitrogens with one attached hydrogen (secondary N) is 1. The lowest BCUT2D eigenvalue weighted by Crippen LogP contribution is -2.16. The van der Waals surface area contributed by atoms with Gasteiger partial charge in [-0.05, 0) is 25.3 Å². The highest BCUT2D eigenvalue weighted by Gasteiger charge is 2.27. The van der Waals surface area contributed by atoms with E-state index < -0.39 is 0 Å². The first-order valence-electron chi connectivity index (χ1n) is 6.08. The monoisotopic (exact) mass is 235 g/mol. The van der Waals surface area contributed by atoms with Crippen molar-refractivity contribution >= 4 is 11.8 Å². The molecule has 17 heavy (non-hydrogen) atoms. The predicted molar refractivity (Wildman–Crippen MR) is 63.2 cm³/mol. The highest BCUT2D eigenvalue weighted by atomic mass is 16.5. The molecular formula is C13H17NO3. The van der Waals surface area contributed by atoms with Gasteiger partial charge in [-0.3, -0.25) is 4.79 Å². The number of carbonyl (C=O) groups excluding carboxylic acids is 2. The normalized spacial score (nSPS) is 14.6. The van der Waals surface area contributed by atoms with Crippen LogP contribution in [0.4, 0.5) is 0 Å². The summed E-state index contributed by atoms with van der Waals surface area (Å²) in [7, 11) is 0. The number of ether oxygens (including phenoxy) is 1. The maximum atomic E-state index is 11.9. The van der Waals surface area contributed by atoms with Gasteiger partial charge < -0.3 is 9.72 Å². The third kappa shape index (κ3) is 2.12. The van der Waals surface area contributed by atoms with Crippen molar-refractivity contribution in [2.24, 2.45) is 0 Å². The molecule has 0 saturated carbocycles. The van der Waals surface area contributed by atoms with Crippen molar-refractivity contribution in [3.05, 3.63) is 22.5 Å². The Kier molecular flexibility index (Phi) is 3.31. The van der Waals surface area contributed by atoms with Gasteiger partial charge in [0.2, 0.25) is 0 Å². The molecule has 1 aliphatic carbocycles. The summed E-state index contributed by atoms with van der Waals surface area (Å²) in [6.07, 6.45) is 2.38. The molecule has 0 amide bonds. The molecule has 1 aliphatic rings. The number of rotatable bonds is 3. The fraction of sp³-hybridized carbons (Fsp3) is 0.538. The number of esters is 1. The summed E-state index contributed by atoms with van der Waals surface area (Å²) in [6, 6.07) is 0. The molecule has 0 bridgehead atoms. The number of carbonyl (C=O) groups is 2. The van der Waals surface area contributed by atoms with E-state index in [0.717, 1.165) is 23.4 Å². The molecule has 0 unspecified atom stereocenters. The van der Waals surface area contributed by atoms with Crippen LogP contribution in [0.25, 0.3) is 0 Å². The van der Waals surface area contributed by atoms with Gasteiger partial charge in [-0.2, -0.15) is 0 Å². The standard InChI is InChI=1S/C13H17NO3/c1-3-10-12(13(16)17-4-2)9-7-8(15)5-6-11(9)14-10/h14H,3-7H2,1-2H3. The number of aryl methyl sites for hydroxylation is 2. The first-order chi connectivity index (χ1) is 8.17. The van der Waals surface area contributed by atoms with Crippen LogP contribution in [0.15, 0.2) is 0 Å². The van der Waals surface area contributed by atoms with E-state index in [1.807, 2.05) is 6.92 Å². The Hall–Kier alpha value is -1.58. The largest absolute Gasteiger partial charge is 0.462 e. The second-order valence-electron chi connectivity index (χ2n) is 4.23. The Labute approximate surface area is 100 Å². The molecule has 0 fully saturated rings. The Bertz CT molecular complexity index is 459. The molecule has 4 heteroatoms. The Morgan fingerprint density at radius 2 is 2.12 bits per heavy atom. The number of aromatic amines is 1. The quantitative estimate of drug-likeness (QED) is 0.813. The lowest BCUT2D eigenvalue weighted by Gasteiger charge is -2.11. The second kappa shape index (κ2) is 4.73. The highest BCUT2D eigenvalue weighted by Crippen LogP contribution is 2.26. The van der Waals surface area contributed by atoms with Gasteiger partial charge in [0, 0.05) is 24.2 Å². The van der Waals surface area contributed by atoms with Gasteiger partial charge in [-0.1, -0.05) is 6.92 Å². The van der Waals surface area contributed by atoms with Gasteiger partial charge in [-0.15, -0.1) is 0 Å². The van der Waals surface area contributed by atoms with Gasteiger partial charge in [0.05, 0.1) is 12.2 Å². The minimum atomic E-state index is -0.309. The van der Waals surface area contributed by atoms with E-state index in [1.165, 1.54) is 0 Å². The van der Waals surface area contributed by atoms with E-state index in [9.17, 15) is 9.59 Å². The van der Waals surface area contributed by atoms with Crippen LogP contribution in [-0.4, -0.2) is 23.3 Å². The number of ketones is 1. The van der Waals surface area contributed by atoms with Crippen LogP contribution in [0, 0.1) is 0 Å². The van der Waals surface area contributed by atoms with E-state index in [4.69, 9.17) is 4.74 Å². The summed E-state index contributed by atoms with van der Waals surface area (Å²) >= 11 is 0. The predicted octanol–water partition coefficient (Wildman–Crippen LogP) is 1.81. The van der Waals surface area contributed by atoms with Gasteiger partial charge in [-0.25, -0.2) is 4.79 Å². The average Bonchev–Trinajstić information content (AvgIpc) is 2.66. The first-order valence-corrected chi connectivity index (χ1v) is 6.08. The first kappa shape index (κ1) is 11.9. The molecule has 0 radical (unpaired) electrons. The molecule has 1 heterocycles. The lowest BCUT2D eigenvalue weighted by molar-refractivity contribution is -0.118. The fourth-order valence-corrected chi connectivity index (χ4v) is 2.33. The molecule has 4 nitrogen and oxygen atoms in total. The maximum Gasteiger partial charge on any atom is 0.340 e. The van der Waals surface area contributed by atoms with Crippen molar-refractivity contribution < 1.29 is 14.3 Å². The van der Waals surface area contributed by atoms with Crippen molar-refractivity contribution in [3.63, 3.8) is 0 Å². The Morgan fingerprint density at radius 1 is 1.35 bits per heavy atom. The van der Waals surface area contributed by atoms with E-state index in [1.54, 1.807) is 6.92 Å². The topological polar surface area (TPSA) is 59.2 Å².